The lowest BCUT2D eigenvalue weighted by molar-refractivity contribution is -0.129. The summed E-state index contributed by atoms with van der Waals surface area (Å²) >= 11 is 7.58. The maximum Gasteiger partial charge on any atom is 0.257 e. The number of piperazine rings is 1. The first-order valence-corrected chi connectivity index (χ1v) is 13.6. The van der Waals surface area contributed by atoms with E-state index in [0.29, 0.717) is 48.9 Å². The van der Waals surface area contributed by atoms with E-state index in [1.165, 1.54) is 35.0 Å². The van der Waals surface area contributed by atoms with Gasteiger partial charge in [-0.15, -0.1) is 0 Å². The number of carbonyl (C=O) groups is 2. The molecule has 192 valence electrons. The van der Waals surface area contributed by atoms with E-state index < -0.39 is 5.82 Å². The van der Waals surface area contributed by atoms with Crippen LogP contribution in [0.15, 0.2) is 59.8 Å². The van der Waals surface area contributed by atoms with Crippen LogP contribution in [0.25, 0.3) is 0 Å². The number of halogens is 2. The number of amides is 2. The molecule has 0 spiro atoms. The summed E-state index contributed by atoms with van der Waals surface area (Å²) in [5.74, 6) is 0.0736. The first-order chi connectivity index (χ1) is 17.9. The molecular weight excluding hydrogens is 513 g/mol. The van der Waals surface area contributed by atoms with E-state index in [9.17, 15) is 14.0 Å². The third-order valence-corrected chi connectivity index (χ3v) is 7.81. The van der Waals surface area contributed by atoms with Gasteiger partial charge in [-0.2, -0.15) is 0 Å². The van der Waals surface area contributed by atoms with Crippen LogP contribution >= 0.6 is 23.4 Å². The predicted octanol–water partition coefficient (Wildman–Crippen LogP) is 4.30. The number of carbonyl (C=O) groups excluding carboxylic acids is 2. The van der Waals surface area contributed by atoms with Gasteiger partial charge in [0.2, 0.25) is 5.91 Å². The molecule has 0 aliphatic carbocycles. The van der Waals surface area contributed by atoms with E-state index in [1.54, 1.807) is 23.1 Å². The summed E-state index contributed by atoms with van der Waals surface area (Å²) in [6, 6.07) is 15.8. The van der Waals surface area contributed by atoms with Crippen LogP contribution in [0.4, 0.5) is 10.2 Å². The quantitative estimate of drug-likeness (QED) is 0.274. The summed E-state index contributed by atoms with van der Waals surface area (Å²) in [4.78, 5) is 40.3. The Morgan fingerprint density at radius 1 is 1.05 bits per heavy atom. The summed E-state index contributed by atoms with van der Waals surface area (Å²) in [6.07, 6.45) is 0.855. The predicted molar refractivity (Wildman–Crippen MR) is 142 cm³/mol. The lowest BCUT2D eigenvalue weighted by Gasteiger charge is -2.40. The number of hydrogen-bond acceptors (Lipinski definition) is 6. The minimum absolute atomic E-state index is 0.0403. The fourth-order valence-corrected chi connectivity index (χ4v) is 5.78. The molecule has 0 radical (unpaired) electrons. The van der Waals surface area contributed by atoms with Gasteiger partial charge in [0, 0.05) is 44.8 Å². The summed E-state index contributed by atoms with van der Waals surface area (Å²) in [5.41, 5.74) is 2.57. The minimum Gasteiger partial charge on any atom is -0.353 e. The van der Waals surface area contributed by atoms with Crippen LogP contribution in [0.5, 0.6) is 0 Å². The van der Waals surface area contributed by atoms with Gasteiger partial charge in [0.25, 0.3) is 5.91 Å². The van der Waals surface area contributed by atoms with Crippen molar-refractivity contribution in [1.82, 2.24) is 19.8 Å². The van der Waals surface area contributed by atoms with Gasteiger partial charge < -0.3 is 14.7 Å². The molecule has 10 heteroatoms. The molecule has 2 aromatic carbocycles. The maximum absolute atomic E-state index is 14.1. The van der Waals surface area contributed by atoms with E-state index in [-0.39, 0.29) is 29.2 Å². The van der Waals surface area contributed by atoms with Crippen LogP contribution in [0.3, 0.4) is 0 Å². The van der Waals surface area contributed by atoms with Crippen LogP contribution in [-0.2, 0) is 17.8 Å². The Kier molecular flexibility index (Phi) is 7.62. The Hall–Kier alpha value is -3.17. The van der Waals surface area contributed by atoms with Gasteiger partial charge in [0.1, 0.15) is 16.8 Å². The Balaban J connectivity index is 1.21. The molecule has 37 heavy (non-hydrogen) atoms. The second-order valence-corrected chi connectivity index (χ2v) is 10.6. The van der Waals surface area contributed by atoms with Gasteiger partial charge in [-0.05, 0) is 36.6 Å². The van der Waals surface area contributed by atoms with Crippen molar-refractivity contribution in [2.45, 2.75) is 31.1 Å². The van der Waals surface area contributed by atoms with Crippen LogP contribution in [0, 0.1) is 5.82 Å². The van der Waals surface area contributed by atoms with Crippen molar-refractivity contribution >= 4 is 41.0 Å². The fourth-order valence-electron chi connectivity index (χ4n) is 4.79. The van der Waals surface area contributed by atoms with Crippen molar-refractivity contribution in [3.05, 3.63) is 82.3 Å². The van der Waals surface area contributed by atoms with E-state index in [1.807, 2.05) is 28.9 Å². The van der Waals surface area contributed by atoms with Crippen LogP contribution in [0.1, 0.15) is 28.4 Å². The number of aromatic nitrogens is 2. The van der Waals surface area contributed by atoms with Crippen LogP contribution in [0.2, 0.25) is 5.15 Å². The van der Waals surface area contributed by atoms with Gasteiger partial charge in [-0.3, -0.25) is 9.59 Å². The van der Waals surface area contributed by atoms with Gasteiger partial charge >= 0.3 is 0 Å². The lowest BCUT2D eigenvalue weighted by atomic mass is 10.00. The fraction of sp³-hybridized carbons (Fsp3) is 0.333. The molecule has 0 saturated carbocycles. The molecule has 2 amide bonds. The van der Waals surface area contributed by atoms with E-state index in [4.69, 9.17) is 11.6 Å². The molecule has 3 aromatic rings. The molecule has 2 aliphatic rings. The van der Waals surface area contributed by atoms with Crippen molar-refractivity contribution in [2.24, 2.45) is 0 Å². The Morgan fingerprint density at radius 2 is 1.81 bits per heavy atom. The maximum atomic E-state index is 14.1. The van der Waals surface area contributed by atoms with Crippen LogP contribution < -0.4 is 4.90 Å². The average Bonchev–Trinajstić information content (AvgIpc) is 2.91. The largest absolute Gasteiger partial charge is 0.353 e. The number of fused-ring (bicyclic) bond motifs is 1. The molecule has 1 fully saturated rings. The first-order valence-electron chi connectivity index (χ1n) is 12.2. The van der Waals surface area contributed by atoms with Gasteiger partial charge in [-0.25, -0.2) is 14.4 Å². The van der Waals surface area contributed by atoms with Gasteiger partial charge in [-0.1, -0.05) is 59.8 Å². The smallest absolute Gasteiger partial charge is 0.257 e. The SMILES string of the molecule is CC1CN(c2cc(Cl)nc(SCC(=O)N3CCc4ccccc4C3)n2)CCN1C(=O)c1ccccc1F. The number of benzene rings is 2. The Bertz CT molecular complexity index is 1330. The molecule has 1 aromatic heterocycles. The highest BCUT2D eigenvalue weighted by atomic mass is 35.5. The number of anilines is 1. The zero-order valence-electron chi connectivity index (χ0n) is 20.4. The lowest BCUT2D eigenvalue weighted by Crippen LogP contribution is -2.54. The molecular formula is C27H27ClFN5O2S. The monoisotopic (exact) mass is 539 g/mol. The average molecular weight is 540 g/mol. The standard InChI is InChI=1S/C27H27ClFN5O2S/c1-18-15-32(12-13-34(18)26(36)21-8-4-5-9-22(21)29)24-14-23(28)30-27(31-24)37-17-25(35)33-11-10-19-6-2-3-7-20(19)16-33/h2-9,14,18H,10-13,15-17H2,1H3. The second kappa shape index (κ2) is 11.1. The number of hydrogen-bond donors (Lipinski definition) is 0. The second-order valence-electron chi connectivity index (χ2n) is 9.23. The highest BCUT2D eigenvalue weighted by molar-refractivity contribution is 7.99. The van der Waals surface area contributed by atoms with Gasteiger partial charge in [0.05, 0.1) is 11.3 Å². The van der Waals surface area contributed by atoms with Crippen LogP contribution in [-0.4, -0.2) is 69.6 Å². The molecule has 7 nitrogen and oxygen atoms in total. The summed E-state index contributed by atoms with van der Waals surface area (Å²) in [5, 5.41) is 0.732. The summed E-state index contributed by atoms with van der Waals surface area (Å²) < 4.78 is 14.1. The normalized spacial score (nSPS) is 17.5. The zero-order valence-corrected chi connectivity index (χ0v) is 22.0. The molecule has 1 unspecified atom stereocenters. The van der Waals surface area contributed by atoms with Crippen molar-refractivity contribution in [3.8, 4) is 0 Å². The highest BCUT2D eigenvalue weighted by Gasteiger charge is 2.30. The molecule has 2 aliphatic heterocycles. The van der Waals surface area contributed by atoms with Crippen molar-refractivity contribution < 1.29 is 14.0 Å². The molecule has 5 rings (SSSR count). The van der Waals surface area contributed by atoms with Gasteiger partial charge in [0.15, 0.2) is 5.16 Å². The van der Waals surface area contributed by atoms with E-state index in [2.05, 4.69) is 22.1 Å². The summed E-state index contributed by atoms with van der Waals surface area (Å²) in [7, 11) is 0. The number of nitrogens with zero attached hydrogens (tertiary/aromatic N) is 5. The van der Waals surface area contributed by atoms with Crippen molar-refractivity contribution in [1.29, 1.82) is 0 Å². The Labute approximate surface area is 224 Å². The first kappa shape index (κ1) is 25.5. The molecule has 0 N–H and O–H groups in total. The number of thioether (sulfide) groups is 1. The van der Waals surface area contributed by atoms with E-state index >= 15 is 0 Å². The highest BCUT2D eigenvalue weighted by Crippen LogP contribution is 2.26. The Morgan fingerprint density at radius 3 is 2.59 bits per heavy atom. The summed E-state index contributed by atoms with van der Waals surface area (Å²) in [6.45, 7) is 4.71. The third kappa shape index (κ3) is 5.72. The van der Waals surface area contributed by atoms with Crippen molar-refractivity contribution in [3.63, 3.8) is 0 Å². The zero-order chi connectivity index (χ0) is 25.9. The third-order valence-electron chi connectivity index (χ3n) is 6.79. The van der Waals surface area contributed by atoms with E-state index in [0.717, 1.165) is 6.42 Å². The molecule has 0 bridgehead atoms. The topological polar surface area (TPSA) is 69.6 Å². The minimum atomic E-state index is -0.519. The molecule has 1 atom stereocenters. The number of rotatable bonds is 5. The van der Waals surface area contributed by atoms with Crippen molar-refractivity contribution in [2.75, 3.05) is 36.8 Å². The molecule has 1 saturated heterocycles. The molecule has 3 heterocycles.